The highest BCUT2D eigenvalue weighted by atomic mass is 32.3. The van der Waals surface area contributed by atoms with Gasteiger partial charge >= 0.3 is 16.4 Å². The largest absolute Gasteiger partial charge is 0.457 e. The first-order valence-corrected chi connectivity index (χ1v) is 24.9. The van der Waals surface area contributed by atoms with Gasteiger partial charge in [0.15, 0.2) is 6.29 Å². The lowest BCUT2D eigenvalue weighted by atomic mass is 9.99. The number of rotatable bonds is 40. The molecule has 0 amide bonds. The monoisotopic (exact) mass is 885 g/mol. The van der Waals surface area contributed by atoms with E-state index in [0.29, 0.717) is 13.0 Å². The fraction of sp³-hybridized carbons (Fsp3) is 0.771. The van der Waals surface area contributed by atoms with Crippen molar-refractivity contribution >= 4 is 16.4 Å². The van der Waals surface area contributed by atoms with E-state index in [1.807, 2.05) is 12.2 Å². The second kappa shape index (κ2) is 39.4. The zero-order valence-corrected chi connectivity index (χ0v) is 38.5. The number of ether oxygens (including phenoxy) is 4. The van der Waals surface area contributed by atoms with E-state index in [1.165, 1.54) is 103 Å². The second-order valence-corrected chi connectivity index (χ2v) is 17.0. The summed E-state index contributed by atoms with van der Waals surface area (Å²) in [4.78, 5) is 12.8. The average molecular weight is 885 g/mol. The maximum Gasteiger partial charge on any atom is 0.397 e. The summed E-state index contributed by atoms with van der Waals surface area (Å²) in [6.07, 6.45) is 40.0. The van der Waals surface area contributed by atoms with E-state index in [9.17, 15) is 28.5 Å². The molecule has 61 heavy (non-hydrogen) atoms. The van der Waals surface area contributed by atoms with Gasteiger partial charge in [-0.15, -0.1) is 0 Å². The molecule has 0 aromatic carbocycles. The standard InChI is InChI=1S/C48H84O12S/c1-3-5-7-9-11-13-15-17-19-20-21-22-24-26-28-30-32-34-36-38-56-40-42(41-57-48-46(52)47(60-61(53,54)55)45(51)43(39-49)59-48)58-44(50)37-35-33-31-29-27-25-23-18-16-14-12-10-8-6-4-2/h6,8,12,14,18,23,27,29,33,35,42-43,45-49,51-52H,3-5,7,9-11,13,15-17,19-22,24-26,28,30-32,34,36-41H2,1-2H3,(H,53,54,55)/b8-6-,14-12-,23-18-,29-27-,35-33-. The molecule has 0 aliphatic carbocycles. The molecule has 12 nitrogen and oxygen atoms in total. The minimum Gasteiger partial charge on any atom is -0.457 e. The van der Waals surface area contributed by atoms with E-state index >= 15 is 0 Å². The van der Waals surface area contributed by atoms with E-state index < -0.39 is 59.8 Å². The molecular weight excluding hydrogens is 801 g/mol. The molecule has 0 bridgehead atoms. The molecule has 13 heteroatoms. The fourth-order valence-electron chi connectivity index (χ4n) is 6.92. The molecule has 0 radical (unpaired) electrons. The number of carbonyl (C=O) groups excluding carboxylic acids is 1. The van der Waals surface area contributed by atoms with Gasteiger partial charge in [-0.1, -0.05) is 190 Å². The number of esters is 1. The highest BCUT2D eigenvalue weighted by Crippen LogP contribution is 2.26. The molecule has 6 atom stereocenters. The van der Waals surface area contributed by atoms with Gasteiger partial charge in [0, 0.05) is 6.61 Å². The third kappa shape index (κ3) is 33.0. The molecule has 1 aliphatic heterocycles. The summed E-state index contributed by atoms with van der Waals surface area (Å²) in [5.74, 6) is -0.525. The SMILES string of the molecule is CC/C=C\C/C=C\C/C=C\C/C=C\C/C=C\CC(=O)OC(COCCCCCCCCCCCCCCCCCCCCC)COC1OC(CO)C(O)C(OS(=O)(=O)O)C1O. The van der Waals surface area contributed by atoms with Crippen LogP contribution in [0.1, 0.15) is 174 Å². The molecule has 6 unspecified atom stereocenters. The highest BCUT2D eigenvalue weighted by Gasteiger charge is 2.48. The summed E-state index contributed by atoms with van der Waals surface area (Å²) in [7, 11) is -5.07. The zero-order valence-electron chi connectivity index (χ0n) is 37.7. The maximum absolute atomic E-state index is 12.8. The van der Waals surface area contributed by atoms with Gasteiger partial charge in [-0.2, -0.15) is 8.42 Å². The first-order chi connectivity index (χ1) is 29.6. The Bertz CT molecular complexity index is 1300. The molecular formula is C48H84O12S. The van der Waals surface area contributed by atoms with Crippen molar-refractivity contribution in [1.82, 2.24) is 0 Å². The average Bonchev–Trinajstić information content (AvgIpc) is 3.23. The van der Waals surface area contributed by atoms with E-state index in [0.717, 1.165) is 44.9 Å². The third-order valence-electron chi connectivity index (χ3n) is 10.4. The Morgan fingerprint density at radius 3 is 1.51 bits per heavy atom. The first kappa shape index (κ1) is 56.8. The predicted octanol–water partition coefficient (Wildman–Crippen LogP) is 10.1. The first-order valence-electron chi connectivity index (χ1n) is 23.5. The summed E-state index contributed by atoms with van der Waals surface area (Å²) in [6.45, 7) is 3.76. The van der Waals surface area contributed by atoms with Gasteiger partial charge in [0.25, 0.3) is 0 Å². The van der Waals surface area contributed by atoms with Crippen LogP contribution in [-0.4, -0.2) is 97.5 Å². The summed E-state index contributed by atoms with van der Waals surface area (Å²) in [5, 5.41) is 30.7. The van der Waals surface area contributed by atoms with Crippen LogP contribution < -0.4 is 0 Å². The smallest absolute Gasteiger partial charge is 0.397 e. The molecule has 4 N–H and O–H groups in total. The molecule has 0 aromatic heterocycles. The number of hydrogen-bond donors (Lipinski definition) is 4. The Balaban J connectivity index is 2.44. The molecule has 0 spiro atoms. The number of hydrogen-bond acceptors (Lipinski definition) is 11. The van der Waals surface area contributed by atoms with Gasteiger partial charge in [-0.3, -0.25) is 9.35 Å². The van der Waals surface area contributed by atoms with Crippen molar-refractivity contribution in [3.05, 3.63) is 60.8 Å². The van der Waals surface area contributed by atoms with E-state index in [2.05, 4.69) is 60.6 Å². The molecule has 1 saturated heterocycles. The van der Waals surface area contributed by atoms with Gasteiger partial charge < -0.3 is 34.3 Å². The number of carbonyl (C=O) groups is 1. The summed E-state index contributed by atoms with van der Waals surface area (Å²) < 4.78 is 58.9. The fourth-order valence-corrected chi connectivity index (χ4v) is 7.43. The van der Waals surface area contributed by atoms with E-state index in [1.54, 1.807) is 6.08 Å². The highest BCUT2D eigenvalue weighted by molar-refractivity contribution is 7.80. The van der Waals surface area contributed by atoms with Crippen LogP contribution in [-0.2, 0) is 38.3 Å². The number of aliphatic hydroxyl groups excluding tert-OH is 3. The molecule has 1 rings (SSSR count). The van der Waals surface area contributed by atoms with Crippen molar-refractivity contribution in [1.29, 1.82) is 0 Å². The Morgan fingerprint density at radius 2 is 1.07 bits per heavy atom. The summed E-state index contributed by atoms with van der Waals surface area (Å²) in [5.41, 5.74) is 0. The van der Waals surface area contributed by atoms with Gasteiger partial charge in [-0.25, -0.2) is 4.18 Å². The van der Waals surface area contributed by atoms with Crippen LogP contribution in [0.25, 0.3) is 0 Å². The summed E-state index contributed by atoms with van der Waals surface area (Å²) in [6, 6.07) is 0. The van der Waals surface area contributed by atoms with Crippen LogP contribution in [0.4, 0.5) is 0 Å². The van der Waals surface area contributed by atoms with Crippen molar-refractivity contribution in [2.75, 3.05) is 26.4 Å². The number of unbranched alkanes of at least 4 members (excludes halogenated alkanes) is 18. The Morgan fingerprint density at radius 1 is 0.623 bits per heavy atom. The molecule has 0 aromatic rings. The third-order valence-corrected chi connectivity index (χ3v) is 10.9. The lowest BCUT2D eigenvalue weighted by Crippen LogP contribution is -2.60. The quantitative estimate of drug-likeness (QED) is 0.0198. The molecule has 0 saturated carbocycles. The number of aliphatic hydroxyl groups is 3. The molecule has 1 fully saturated rings. The van der Waals surface area contributed by atoms with Crippen LogP contribution >= 0.6 is 0 Å². The molecule has 354 valence electrons. The minimum absolute atomic E-state index is 0.00370. The van der Waals surface area contributed by atoms with Crippen LogP contribution in [0, 0.1) is 0 Å². The lowest BCUT2D eigenvalue weighted by molar-refractivity contribution is -0.301. The van der Waals surface area contributed by atoms with Crippen LogP contribution in [0.2, 0.25) is 0 Å². The van der Waals surface area contributed by atoms with Crippen LogP contribution in [0.5, 0.6) is 0 Å². The lowest BCUT2D eigenvalue weighted by Gasteiger charge is -2.41. The predicted molar refractivity (Wildman–Crippen MR) is 243 cm³/mol. The Labute approximate surface area is 369 Å². The van der Waals surface area contributed by atoms with Crippen LogP contribution in [0.3, 0.4) is 0 Å². The maximum atomic E-state index is 12.8. The molecule has 1 heterocycles. The van der Waals surface area contributed by atoms with Crippen molar-refractivity contribution in [3.63, 3.8) is 0 Å². The van der Waals surface area contributed by atoms with Gasteiger partial charge in [-0.05, 0) is 38.5 Å². The molecule has 1 aliphatic rings. The van der Waals surface area contributed by atoms with E-state index in [-0.39, 0.29) is 19.6 Å². The van der Waals surface area contributed by atoms with Crippen LogP contribution in [0.15, 0.2) is 60.8 Å². The normalized spacial score (nSPS) is 20.7. The zero-order chi connectivity index (χ0) is 44.7. The van der Waals surface area contributed by atoms with Gasteiger partial charge in [0.1, 0.15) is 30.5 Å². The topological polar surface area (TPSA) is 178 Å². The van der Waals surface area contributed by atoms with E-state index in [4.69, 9.17) is 23.5 Å². The van der Waals surface area contributed by atoms with Crippen molar-refractivity contribution in [3.8, 4) is 0 Å². The number of allylic oxidation sites excluding steroid dienone is 9. The van der Waals surface area contributed by atoms with Crippen molar-refractivity contribution < 1.29 is 56.2 Å². The van der Waals surface area contributed by atoms with Crippen molar-refractivity contribution in [2.24, 2.45) is 0 Å². The van der Waals surface area contributed by atoms with Gasteiger partial charge in [0.05, 0.1) is 26.2 Å². The second-order valence-electron chi connectivity index (χ2n) is 16.0. The van der Waals surface area contributed by atoms with Gasteiger partial charge in [0.2, 0.25) is 0 Å². The Kier molecular flexibility index (Phi) is 36.7. The Hall–Kier alpha value is -2.20. The summed E-state index contributed by atoms with van der Waals surface area (Å²) >= 11 is 0. The minimum atomic E-state index is -5.07. The van der Waals surface area contributed by atoms with Crippen molar-refractivity contribution in [2.45, 2.75) is 211 Å².